The van der Waals surface area contributed by atoms with E-state index in [0.717, 1.165) is 13.1 Å². The van der Waals surface area contributed by atoms with Gasteiger partial charge in [-0.15, -0.1) is 0 Å². The van der Waals surface area contributed by atoms with E-state index in [0.29, 0.717) is 28.7 Å². The number of hydrogen-bond donors (Lipinski definition) is 1. The monoisotopic (exact) mass is 316 g/mol. The van der Waals surface area contributed by atoms with Gasteiger partial charge in [0.1, 0.15) is 5.54 Å². The van der Waals surface area contributed by atoms with Gasteiger partial charge in [0, 0.05) is 41.8 Å². The van der Waals surface area contributed by atoms with Gasteiger partial charge in [0.15, 0.2) is 0 Å². The van der Waals surface area contributed by atoms with Gasteiger partial charge in [0.25, 0.3) is 0 Å². The van der Waals surface area contributed by atoms with Crippen LogP contribution in [0.25, 0.3) is 0 Å². The summed E-state index contributed by atoms with van der Waals surface area (Å²) in [5, 5.41) is 10.7. The van der Waals surface area contributed by atoms with E-state index < -0.39 is 11.5 Å². The molecule has 1 saturated heterocycles. The maximum atomic E-state index is 11.9. The Balaban J connectivity index is 2.44. The maximum Gasteiger partial charge on any atom is 0.328 e. The Morgan fingerprint density at radius 1 is 1.25 bits per heavy atom. The maximum absolute atomic E-state index is 11.9. The molecule has 1 atom stereocenters. The Labute approximate surface area is 128 Å². The molecule has 20 heavy (non-hydrogen) atoms. The smallest absolute Gasteiger partial charge is 0.328 e. The highest BCUT2D eigenvalue weighted by Crippen LogP contribution is 2.36. The standard InChI is InChI=1S/C14H18Cl2N2O2/c1-14(13(19)20,18-7-5-17(2)6-8-18)11-9-10(15)3-4-12(11)16/h3-4,9H,5-8H2,1-2H3,(H,19,20). The van der Waals surface area contributed by atoms with Gasteiger partial charge in [-0.1, -0.05) is 23.2 Å². The van der Waals surface area contributed by atoms with Crippen LogP contribution in [0, 0.1) is 0 Å². The topological polar surface area (TPSA) is 43.8 Å². The van der Waals surface area contributed by atoms with Crippen molar-refractivity contribution in [1.29, 1.82) is 0 Å². The van der Waals surface area contributed by atoms with Crippen molar-refractivity contribution in [2.75, 3.05) is 33.2 Å². The third-order valence-corrected chi connectivity index (χ3v) is 4.57. The first-order valence-electron chi connectivity index (χ1n) is 6.48. The third-order valence-electron chi connectivity index (χ3n) is 4.01. The summed E-state index contributed by atoms with van der Waals surface area (Å²) in [6, 6.07) is 4.96. The van der Waals surface area contributed by atoms with Gasteiger partial charge in [-0.05, 0) is 32.2 Å². The largest absolute Gasteiger partial charge is 0.480 e. The van der Waals surface area contributed by atoms with Crippen molar-refractivity contribution < 1.29 is 9.90 Å². The summed E-state index contributed by atoms with van der Waals surface area (Å²) < 4.78 is 0. The molecular weight excluding hydrogens is 299 g/mol. The number of carbonyl (C=O) groups is 1. The highest BCUT2D eigenvalue weighted by Gasteiger charge is 2.43. The molecule has 4 nitrogen and oxygen atoms in total. The first-order valence-corrected chi connectivity index (χ1v) is 7.24. The SMILES string of the molecule is CN1CCN(C(C)(C(=O)O)c2cc(Cl)ccc2Cl)CC1. The second-order valence-electron chi connectivity index (χ2n) is 5.29. The molecule has 1 aromatic rings. The summed E-state index contributed by atoms with van der Waals surface area (Å²) >= 11 is 12.2. The Morgan fingerprint density at radius 3 is 2.40 bits per heavy atom. The zero-order chi connectivity index (χ0) is 14.9. The summed E-state index contributed by atoms with van der Waals surface area (Å²) in [7, 11) is 2.03. The molecule has 1 N–H and O–H groups in total. The third kappa shape index (κ3) is 2.79. The molecule has 2 rings (SSSR count). The van der Waals surface area contributed by atoms with Crippen LogP contribution >= 0.6 is 23.2 Å². The van der Waals surface area contributed by atoms with Crippen LogP contribution in [0.2, 0.25) is 10.0 Å². The lowest BCUT2D eigenvalue weighted by molar-refractivity contribution is -0.152. The molecule has 1 aliphatic rings. The lowest BCUT2D eigenvalue weighted by Gasteiger charge is -2.43. The van der Waals surface area contributed by atoms with Gasteiger partial charge in [0.2, 0.25) is 0 Å². The molecule has 0 aliphatic carbocycles. The van der Waals surface area contributed by atoms with Crippen molar-refractivity contribution in [3.05, 3.63) is 33.8 Å². The Kier molecular flexibility index (Phi) is 4.59. The van der Waals surface area contributed by atoms with Gasteiger partial charge < -0.3 is 10.0 Å². The van der Waals surface area contributed by atoms with Crippen molar-refractivity contribution >= 4 is 29.2 Å². The Hall–Kier alpha value is -0.810. The number of benzene rings is 1. The van der Waals surface area contributed by atoms with Crippen LogP contribution < -0.4 is 0 Å². The van der Waals surface area contributed by atoms with E-state index in [2.05, 4.69) is 4.90 Å². The van der Waals surface area contributed by atoms with E-state index >= 15 is 0 Å². The van der Waals surface area contributed by atoms with Gasteiger partial charge in [-0.2, -0.15) is 0 Å². The molecule has 0 saturated carbocycles. The van der Waals surface area contributed by atoms with Crippen molar-refractivity contribution in [3.63, 3.8) is 0 Å². The van der Waals surface area contributed by atoms with E-state index in [-0.39, 0.29) is 0 Å². The van der Waals surface area contributed by atoms with E-state index in [1.165, 1.54) is 0 Å². The number of carboxylic acids is 1. The minimum Gasteiger partial charge on any atom is -0.480 e. The molecule has 0 spiro atoms. The van der Waals surface area contributed by atoms with Crippen LogP contribution in [-0.4, -0.2) is 54.1 Å². The van der Waals surface area contributed by atoms with E-state index in [1.54, 1.807) is 25.1 Å². The number of likely N-dealkylation sites (N-methyl/N-ethyl adjacent to an activating group) is 1. The highest BCUT2D eigenvalue weighted by atomic mass is 35.5. The summed E-state index contributed by atoms with van der Waals surface area (Å²) in [6.07, 6.45) is 0. The second kappa shape index (κ2) is 5.90. The van der Waals surface area contributed by atoms with Crippen LogP contribution in [0.1, 0.15) is 12.5 Å². The van der Waals surface area contributed by atoms with Crippen molar-refractivity contribution in [1.82, 2.24) is 9.80 Å². The van der Waals surface area contributed by atoms with Crippen LogP contribution in [0.3, 0.4) is 0 Å². The average molecular weight is 317 g/mol. The molecule has 0 radical (unpaired) electrons. The zero-order valence-electron chi connectivity index (χ0n) is 11.6. The Bertz CT molecular complexity index is 516. The first-order chi connectivity index (χ1) is 9.35. The van der Waals surface area contributed by atoms with Crippen molar-refractivity contribution in [2.24, 2.45) is 0 Å². The van der Waals surface area contributed by atoms with E-state index in [4.69, 9.17) is 23.2 Å². The summed E-state index contributed by atoms with van der Waals surface area (Å²) in [5.74, 6) is -0.911. The number of hydrogen-bond acceptors (Lipinski definition) is 3. The molecule has 1 heterocycles. The fourth-order valence-electron chi connectivity index (χ4n) is 2.55. The predicted octanol–water partition coefficient (Wildman–Crippen LogP) is 2.54. The average Bonchev–Trinajstić information content (AvgIpc) is 2.41. The molecule has 110 valence electrons. The molecular formula is C14H18Cl2N2O2. The molecule has 0 aromatic heterocycles. The number of rotatable bonds is 3. The summed E-state index contributed by atoms with van der Waals surface area (Å²) in [5.41, 5.74) is -0.618. The molecule has 1 unspecified atom stereocenters. The molecule has 1 aliphatic heterocycles. The van der Waals surface area contributed by atoms with Crippen LogP contribution in [-0.2, 0) is 10.3 Å². The van der Waals surface area contributed by atoms with Gasteiger partial charge in [-0.3, -0.25) is 4.90 Å². The number of aliphatic carboxylic acids is 1. The number of carboxylic acid groups (broad SMARTS) is 1. The molecule has 0 bridgehead atoms. The van der Waals surface area contributed by atoms with Crippen LogP contribution in [0.4, 0.5) is 0 Å². The fourth-order valence-corrected chi connectivity index (χ4v) is 3.02. The normalized spacial score (nSPS) is 20.6. The number of piperazine rings is 1. The molecule has 1 fully saturated rings. The lowest BCUT2D eigenvalue weighted by Crippen LogP contribution is -2.57. The fraction of sp³-hybridized carbons (Fsp3) is 0.500. The van der Waals surface area contributed by atoms with Gasteiger partial charge >= 0.3 is 5.97 Å². The first kappa shape index (κ1) is 15.6. The van der Waals surface area contributed by atoms with E-state index in [1.807, 2.05) is 11.9 Å². The number of nitrogens with zero attached hydrogens (tertiary/aromatic N) is 2. The second-order valence-corrected chi connectivity index (χ2v) is 6.14. The lowest BCUT2D eigenvalue weighted by atomic mass is 9.89. The quantitative estimate of drug-likeness (QED) is 0.930. The predicted molar refractivity (Wildman–Crippen MR) is 80.5 cm³/mol. The molecule has 1 aromatic carbocycles. The molecule has 6 heteroatoms. The zero-order valence-corrected chi connectivity index (χ0v) is 13.1. The van der Waals surface area contributed by atoms with Crippen molar-refractivity contribution in [2.45, 2.75) is 12.5 Å². The van der Waals surface area contributed by atoms with Crippen LogP contribution in [0.15, 0.2) is 18.2 Å². The summed E-state index contributed by atoms with van der Waals surface area (Å²) in [6.45, 7) is 4.73. The van der Waals surface area contributed by atoms with Gasteiger partial charge in [0.05, 0.1) is 0 Å². The van der Waals surface area contributed by atoms with Crippen molar-refractivity contribution in [3.8, 4) is 0 Å². The minimum absolute atomic E-state index is 0.429. The highest BCUT2D eigenvalue weighted by molar-refractivity contribution is 6.33. The minimum atomic E-state index is -1.16. The summed E-state index contributed by atoms with van der Waals surface area (Å²) in [4.78, 5) is 16.0. The van der Waals surface area contributed by atoms with Gasteiger partial charge in [-0.25, -0.2) is 4.79 Å². The van der Waals surface area contributed by atoms with E-state index in [9.17, 15) is 9.90 Å². The number of halogens is 2. The molecule has 0 amide bonds. The Morgan fingerprint density at radius 2 is 1.85 bits per heavy atom. The van der Waals surface area contributed by atoms with Crippen LogP contribution in [0.5, 0.6) is 0 Å².